The molecule has 5 nitrogen and oxygen atoms in total. The van der Waals surface area contributed by atoms with Gasteiger partial charge >= 0.3 is 0 Å². The lowest BCUT2D eigenvalue weighted by Crippen LogP contribution is -2.34. The zero-order valence-electron chi connectivity index (χ0n) is 9.54. The number of anilines is 1. The second-order valence-corrected chi connectivity index (χ2v) is 5.05. The largest absolute Gasteiger partial charge is 0.361 e. The first-order valence-corrected chi connectivity index (χ1v) is 6.38. The molecule has 90 valence electrons. The lowest BCUT2D eigenvalue weighted by molar-refractivity contribution is 0.560. The molecular weight excluding hydrogens is 294 g/mol. The molecule has 2 aromatic rings. The molecule has 0 bridgehead atoms. The van der Waals surface area contributed by atoms with E-state index in [9.17, 15) is 5.26 Å². The summed E-state index contributed by atoms with van der Waals surface area (Å²) in [5.74, 6) is 0.935. The van der Waals surface area contributed by atoms with Crippen molar-refractivity contribution in [1.29, 1.82) is 5.26 Å². The maximum absolute atomic E-state index is 9.17. The van der Waals surface area contributed by atoms with E-state index in [-0.39, 0.29) is 0 Å². The first-order valence-electron chi connectivity index (χ1n) is 5.59. The van der Waals surface area contributed by atoms with Gasteiger partial charge in [0, 0.05) is 17.6 Å². The van der Waals surface area contributed by atoms with E-state index in [2.05, 4.69) is 37.1 Å². The molecular formula is C12H10BrN5. The molecule has 0 saturated carbocycles. The van der Waals surface area contributed by atoms with Gasteiger partial charge in [-0.3, -0.25) is 0 Å². The molecule has 1 aromatic heterocycles. The van der Waals surface area contributed by atoms with Crippen molar-refractivity contribution in [3.05, 3.63) is 40.4 Å². The number of nitriles is 1. The van der Waals surface area contributed by atoms with Gasteiger partial charge in [0.15, 0.2) is 5.82 Å². The van der Waals surface area contributed by atoms with Gasteiger partial charge in [-0.05, 0) is 18.2 Å². The Labute approximate surface area is 113 Å². The Hall–Kier alpha value is -1.87. The fraction of sp³-hybridized carbons (Fsp3) is 0.250. The molecule has 0 atom stereocenters. The number of benzene rings is 1. The minimum atomic E-state index is 0.686. The molecule has 0 unspecified atom stereocenters. The maximum Gasteiger partial charge on any atom is 0.152 e. The number of nitrogens with zero attached hydrogens (tertiary/aromatic N) is 5. The number of hydrogen-bond acceptors (Lipinski definition) is 4. The minimum Gasteiger partial charge on any atom is -0.361 e. The van der Waals surface area contributed by atoms with Gasteiger partial charge in [0.25, 0.3) is 0 Å². The molecule has 18 heavy (non-hydrogen) atoms. The van der Waals surface area contributed by atoms with Crippen LogP contribution in [-0.4, -0.2) is 21.3 Å². The van der Waals surface area contributed by atoms with Crippen LogP contribution in [0.25, 0.3) is 0 Å². The number of fused-ring (bicyclic) bond motifs is 1. The first-order chi connectivity index (χ1) is 8.78. The van der Waals surface area contributed by atoms with Crippen LogP contribution >= 0.6 is 15.9 Å². The average Bonchev–Trinajstić information content (AvgIpc) is 2.85. The predicted octanol–water partition coefficient (Wildman–Crippen LogP) is 1.93. The van der Waals surface area contributed by atoms with Crippen LogP contribution in [0.15, 0.2) is 29.0 Å². The van der Waals surface area contributed by atoms with Crippen LogP contribution in [0.5, 0.6) is 0 Å². The third-order valence-corrected chi connectivity index (χ3v) is 3.55. The third-order valence-electron chi connectivity index (χ3n) is 3.06. The standard InChI is InChI=1S/C12H10BrN5/c13-10-2-1-9(6-14)11(5-10)17-3-4-18-8-15-16-12(18)7-17/h1-2,5,8H,3-4,7H2. The van der Waals surface area contributed by atoms with E-state index in [1.807, 2.05) is 22.8 Å². The Morgan fingerprint density at radius 3 is 3.06 bits per heavy atom. The average molecular weight is 304 g/mol. The Balaban J connectivity index is 1.98. The molecule has 0 spiro atoms. The van der Waals surface area contributed by atoms with Crippen LogP contribution in [0, 0.1) is 11.3 Å². The van der Waals surface area contributed by atoms with E-state index in [1.165, 1.54) is 0 Å². The van der Waals surface area contributed by atoms with E-state index >= 15 is 0 Å². The molecule has 1 aliphatic rings. The molecule has 0 fully saturated rings. The van der Waals surface area contributed by atoms with Crippen molar-refractivity contribution in [2.45, 2.75) is 13.1 Å². The summed E-state index contributed by atoms with van der Waals surface area (Å²) in [6.45, 7) is 2.39. The number of hydrogen-bond donors (Lipinski definition) is 0. The highest BCUT2D eigenvalue weighted by Gasteiger charge is 2.19. The molecule has 0 radical (unpaired) electrons. The molecule has 3 rings (SSSR count). The highest BCUT2D eigenvalue weighted by molar-refractivity contribution is 9.10. The summed E-state index contributed by atoms with van der Waals surface area (Å²) < 4.78 is 3.02. The summed E-state index contributed by atoms with van der Waals surface area (Å²) in [5.41, 5.74) is 1.63. The Morgan fingerprint density at radius 2 is 2.22 bits per heavy atom. The fourth-order valence-electron chi connectivity index (χ4n) is 2.13. The van der Waals surface area contributed by atoms with Gasteiger partial charge in [-0.25, -0.2) is 0 Å². The molecule has 1 aliphatic heterocycles. The fourth-order valence-corrected chi connectivity index (χ4v) is 2.48. The zero-order valence-corrected chi connectivity index (χ0v) is 11.1. The normalized spacial score (nSPS) is 14.1. The summed E-state index contributed by atoms with van der Waals surface area (Å²) >= 11 is 3.45. The lowest BCUT2D eigenvalue weighted by atomic mass is 10.1. The molecule has 0 saturated heterocycles. The Bertz CT molecular complexity index is 628. The van der Waals surface area contributed by atoms with Crippen molar-refractivity contribution < 1.29 is 0 Å². The van der Waals surface area contributed by atoms with E-state index < -0.39 is 0 Å². The van der Waals surface area contributed by atoms with Crippen LogP contribution in [0.2, 0.25) is 0 Å². The molecule has 0 amide bonds. The van der Waals surface area contributed by atoms with Crippen molar-refractivity contribution in [2.24, 2.45) is 0 Å². The van der Waals surface area contributed by atoms with Gasteiger partial charge < -0.3 is 9.47 Å². The summed E-state index contributed by atoms with van der Waals surface area (Å²) in [6.07, 6.45) is 1.75. The second kappa shape index (κ2) is 4.42. The third kappa shape index (κ3) is 1.87. The van der Waals surface area contributed by atoms with Crippen LogP contribution in [-0.2, 0) is 13.1 Å². The number of rotatable bonds is 1. The summed E-state index contributed by atoms with van der Waals surface area (Å²) in [6, 6.07) is 7.92. The van der Waals surface area contributed by atoms with Gasteiger partial charge in [0.2, 0.25) is 0 Å². The quantitative estimate of drug-likeness (QED) is 0.808. The maximum atomic E-state index is 9.17. The van der Waals surface area contributed by atoms with Crippen molar-refractivity contribution in [3.8, 4) is 6.07 Å². The molecule has 0 aliphatic carbocycles. The first kappa shape index (κ1) is 11.2. The topological polar surface area (TPSA) is 57.7 Å². The van der Waals surface area contributed by atoms with Crippen molar-refractivity contribution in [3.63, 3.8) is 0 Å². The lowest BCUT2D eigenvalue weighted by Gasteiger charge is -2.29. The van der Waals surface area contributed by atoms with Crippen molar-refractivity contribution >= 4 is 21.6 Å². The van der Waals surface area contributed by atoms with E-state index in [4.69, 9.17) is 0 Å². The van der Waals surface area contributed by atoms with Gasteiger partial charge in [-0.15, -0.1) is 10.2 Å². The van der Waals surface area contributed by atoms with E-state index in [0.29, 0.717) is 12.1 Å². The Kier molecular flexibility index (Phi) is 2.76. The monoisotopic (exact) mass is 303 g/mol. The zero-order chi connectivity index (χ0) is 12.5. The van der Waals surface area contributed by atoms with Crippen LogP contribution < -0.4 is 4.90 Å². The van der Waals surface area contributed by atoms with Crippen molar-refractivity contribution in [1.82, 2.24) is 14.8 Å². The highest BCUT2D eigenvalue weighted by atomic mass is 79.9. The minimum absolute atomic E-state index is 0.686. The molecule has 6 heteroatoms. The van der Waals surface area contributed by atoms with Crippen LogP contribution in [0.1, 0.15) is 11.4 Å². The molecule has 2 heterocycles. The van der Waals surface area contributed by atoms with Gasteiger partial charge in [0.05, 0.1) is 17.8 Å². The summed E-state index contributed by atoms with van der Waals surface area (Å²) in [7, 11) is 0. The predicted molar refractivity (Wildman–Crippen MR) is 69.9 cm³/mol. The van der Waals surface area contributed by atoms with E-state index in [0.717, 1.165) is 29.1 Å². The SMILES string of the molecule is N#Cc1ccc(Br)cc1N1CCn2cnnc2C1. The summed E-state index contributed by atoms with van der Waals surface area (Å²) in [4.78, 5) is 2.16. The van der Waals surface area contributed by atoms with Crippen LogP contribution in [0.4, 0.5) is 5.69 Å². The second-order valence-electron chi connectivity index (χ2n) is 4.14. The van der Waals surface area contributed by atoms with Crippen LogP contribution in [0.3, 0.4) is 0 Å². The number of aromatic nitrogens is 3. The van der Waals surface area contributed by atoms with Gasteiger partial charge in [-0.2, -0.15) is 5.26 Å². The van der Waals surface area contributed by atoms with Crippen molar-refractivity contribution in [2.75, 3.05) is 11.4 Å². The Morgan fingerprint density at radius 1 is 1.33 bits per heavy atom. The summed E-state index contributed by atoms with van der Waals surface area (Å²) in [5, 5.41) is 17.2. The highest BCUT2D eigenvalue weighted by Crippen LogP contribution is 2.27. The van der Waals surface area contributed by atoms with Gasteiger partial charge in [-0.1, -0.05) is 15.9 Å². The van der Waals surface area contributed by atoms with E-state index in [1.54, 1.807) is 6.33 Å². The smallest absolute Gasteiger partial charge is 0.152 e. The van der Waals surface area contributed by atoms with Gasteiger partial charge in [0.1, 0.15) is 12.4 Å². The molecule has 0 N–H and O–H groups in total. The molecule has 1 aromatic carbocycles. The number of halogens is 1.